The minimum atomic E-state index is -4.72. The van der Waals surface area contributed by atoms with Crippen molar-refractivity contribution in [1.82, 2.24) is 19.8 Å². The quantitative estimate of drug-likeness (QED) is 0.0434. The number of thioether (sulfide) groups is 1. The topological polar surface area (TPSA) is 177 Å². The van der Waals surface area contributed by atoms with E-state index in [4.69, 9.17) is 4.74 Å². The Labute approximate surface area is 347 Å². The van der Waals surface area contributed by atoms with Crippen LogP contribution >= 0.6 is 11.8 Å². The molecule has 0 saturated carbocycles. The van der Waals surface area contributed by atoms with Crippen LogP contribution in [0.3, 0.4) is 0 Å². The predicted octanol–water partition coefficient (Wildman–Crippen LogP) is 6.49. The number of ether oxygens (including phenoxy) is 1. The lowest BCUT2D eigenvalue weighted by Gasteiger charge is -2.35. The third kappa shape index (κ3) is 11.1. The molecule has 0 atom stereocenters. The lowest BCUT2D eigenvalue weighted by Crippen LogP contribution is -2.49. The first kappa shape index (κ1) is 42.9. The Bertz CT molecular complexity index is 2540. The number of rotatable bonds is 13. The van der Waals surface area contributed by atoms with Crippen molar-refractivity contribution >= 4 is 50.8 Å². The molecule has 19 heteroatoms. The summed E-state index contributed by atoms with van der Waals surface area (Å²) in [4.78, 5) is 41.2. The van der Waals surface area contributed by atoms with Crippen molar-refractivity contribution in [2.24, 2.45) is 0 Å². The van der Waals surface area contributed by atoms with Gasteiger partial charge in [0.05, 0.1) is 22.0 Å². The molecule has 1 saturated heterocycles. The Kier molecular flexibility index (Phi) is 13.6. The number of nitro benzene ring substituents is 1. The molecule has 2 amide bonds. The molecule has 60 heavy (non-hydrogen) atoms. The number of alkyl halides is 3. The number of anilines is 2. The first-order valence-electron chi connectivity index (χ1n) is 18.3. The van der Waals surface area contributed by atoms with Gasteiger partial charge in [0.2, 0.25) is 0 Å². The molecule has 0 unspecified atom stereocenters. The number of halogens is 3. The third-order valence-electron chi connectivity index (χ3n) is 8.91. The normalized spacial score (nSPS) is 12.9. The Morgan fingerprint density at radius 2 is 1.65 bits per heavy atom. The Hall–Kier alpha value is -6.65. The zero-order chi connectivity index (χ0) is 42.9. The highest BCUT2D eigenvalue weighted by Crippen LogP contribution is 2.32. The summed E-state index contributed by atoms with van der Waals surface area (Å²) in [5.74, 6) is 5.27. The fraction of sp³-hybridized carbons (Fsp3) is 0.220. The summed E-state index contributed by atoms with van der Waals surface area (Å²) in [6.45, 7) is 3.29. The van der Waals surface area contributed by atoms with Crippen LogP contribution in [0.2, 0.25) is 0 Å². The molecular formula is C41H36F3N7O7S2. The van der Waals surface area contributed by atoms with Gasteiger partial charge in [0.25, 0.3) is 27.5 Å². The number of carbonyl (C=O) groups excluding carboxylic acids is 2. The van der Waals surface area contributed by atoms with E-state index >= 15 is 0 Å². The number of nitrogens with zero attached hydrogens (tertiary/aromatic N) is 5. The van der Waals surface area contributed by atoms with Gasteiger partial charge in [0.15, 0.2) is 11.5 Å². The number of hydrogen-bond acceptors (Lipinski definition) is 12. The molecule has 1 aliphatic rings. The zero-order valence-corrected chi connectivity index (χ0v) is 33.4. The molecular weight excluding hydrogens is 824 g/mol. The van der Waals surface area contributed by atoms with E-state index in [1.54, 1.807) is 29.2 Å². The van der Waals surface area contributed by atoms with E-state index in [-0.39, 0.29) is 48.7 Å². The molecule has 0 aliphatic carbocycles. The number of nitrogens with one attached hydrogen (secondary N) is 2. The number of aromatic nitrogens is 2. The van der Waals surface area contributed by atoms with Gasteiger partial charge in [-0.2, -0.15) is 13.2 Å². The van der Waals surface area contributed by atoms with E-state index in [9.17, 15) is 41.3 Å². The first-order valence-corrected chi connectivity index (χ1v) is 20.8. The summed E-state index contributed by atoms with van der Waals surface area (Å²) in [6, 6.07) is 25.3. The van der Waals surface area contributed by atoms with Gasteiger partial charge in [-0.05, 0) is 79.7 Å². The Balaban J connectivity index is 1.06. The van der Waals surface area contributed by atoms with Crippen molar-refractivity contribution < 1.29 is 40.8 Å². The van der Waals surface area contributed by atoms with E-state index in [1.165, 1.54) is 40.9 Å². The SMILES string of the molecule is CCOc1cccc(C#Cc2cc(C(=O)N3CCN(c4ccc(C(=O)NS(=O)(=O)c5ccc(NCCSc6ccccc6)c([N+](=O)[O-])c5)nn4)CC3)cc(C(F)(F)F)c2)c1. The fourth-order valence-corrected chi connectivity index (χ4v) is 7.75. The molecule has 1 fully saturated rings. The standard InChI is InChI=1S/C41H36F3N7O7S2/c1-2-58-32-8-6-7-28(25-32)11-12-29-23-30(26-31(24-29)41(42,43)44)40(53)50-20-18-49(19-21-50)38-16-15-36(46-47-38)39(52)48-60(56,57)34-13-14-35(37(27-34)51(54)55)45-17-22-59-33-9-4-3-5-10-33/h3-10,13-16,23-27,45H,2,17-22H2,1H3,(H,48,52). The maximum absolute atomic E-state index is 13.9. The molecule has 0 radical (unpaired) electrons. The van der Waals surface area contributed by atoms with Gasteiger partial charge in [-0.3, -0.25) is 19.7 Å². The second-order valence-corrected chi connectivity index (χ2v) is 15.9. The minimum absolute atomic E-state index is 0.0115. The highest BCUT2D eigenvalue weighted by Gasteiger charge is 2.33. The van der Waals surface area contributed by atoms with Gasteiger partial charge >= 0.3 is 6.18 Å². The monoisotopic (exact) mass is 859 g/mol. The molecule has 5 aromatic rings. The number of carbonyl (C=O) groups is 2. The highest BCUT2D eigenvalue weighted by molar-refractivity contribution is 7.99. The average molecular weight is 860 g/mol. The predicted molar refractivity (Wildman–Crippen MR) is 219 cm³/mol. The molecule has 4 aromatic carbocycles. The summed E-state index contributed by atoms with van der Waals surface area (Å²) >= 11 is 1.54. The largest absolute Gasteiger partial charge is 0.494 e. The summed E-state index contributed by atoms with van der Waals surface area (Å²) < 4.78 is 75.2. The molecule has 1 aromatic heterocycles. The number of hydrogen-bond donors (Lipinski definition) is 2. The molecule has 2 N–H and O–H groups in total. The van der Waals surface area contributed by atoms with Crippen molar-refractivity contribution in [1.29, 1.82) is 0 Å². The van der Waals surface area contributed by atoms with Crippen molar-refractivity contribution in [3.8, 4) is 17.6 Å². The molecule has 310 valence electrons. The van der Waals surface area contributed by atoms with Crippen LogP contribution < -0.4 is 19.7 Å². The number of sulfonamides is 1. The lowest BCUT2D eigenvalue weighted by molar-refractivity contribution is -0.384. The van der Waals surface area contributed by atoms with Crippen LogP contribution in [0.5, 0.6) is 5.75 Å². The van der Waals surface area contributed by atoms with Crippen molar-refractivity contribution in [3.63, 3.8) is 0 Å². The van der Waals surface area contributed by atoms with Crippen LogP contribution in [-0.2, 0) is 16.2 Å². The van der Waals surface area contributed by atoms with Crippen molar-refractivity contribution in [2.45, 2.75) is 22.9 Å². The summed E-state index contributed by atoms with van der Waals surface area (Å²) in [7, 11) is -4.57. The van der Waals surface area contributed by atoms with E-state index < -0.39 is 49.1 Å². The van der Waals surface area contributed by atoms with Crippen LogP contribution in [0.4, 0.5) is 30.4 Å². The van der Waals surface area contributed by atoms with Gasteiger partial charge in [-0.15, -0.1) is 22.0 Å². The van der Waals surface area contributed by atoms with Crippen molar-refractivity contribution in [2.75, 3.05) is 55.3 Å². The lowest BCUT2D eigenvalue weighted by atomic mass is 10.0. The Morgan fingerprint density at radius 1 is 0.900 bits per heavy atom. The second kappa shape index (κ2) is 18.9. The highest BCUT2D eigenvalue weighted by atomic mass is 32.2. The summed E-state index contributed by atoms with van der Waals surface area (Å²) in [5.41, 5.74) is -1.39. The fourth-order valence-electron chi connectivity index (χ4n) is 5.98. The maximum atomic E-state index is 13.9. The molecule has 1 aliphatic heterocycles. The van der Waals surface area contributed by atoms with Crippen molar-refractivity contribution in [3.05, 3.63) is 141 Å². The molecule has 14 nitrogen and oxygen atoms in total. The second-order valence-electron chi connectivity index (χ2n) is 13.0. The van der Waals surface area contributed by atoms with E-state index in [0.717, 1.165) is 29.2 Å². The minimum Gasteiger partial charge on any atom is -0.494 e. The third-order valence-corrected chi connectivity index (χ3v) is 11.3. The average Bonchev–Trinajstić information content (AvgIpc) is 3.24. The number of amides is 2. The molecule has 2 heterocycles. The van der Waals surface area contributed by atoms with Gasteiger partial charge in [-0.1, -0.05) is 36.1 Å². The number of benzene rings is 4. The van der Waals surface area contributed by atoms with Crippen LogP contribution in [0.15, 0.2) is 113 Å². The summed E-state index contributed by atoms with van der Waals surface area (Å²) in [6.07, 6.45) is -4.72. The maximum Gasteiger partial charge on any atom is 0.416 e. The van der Waals surface area contributed by atoms with Crippen LogP contribution in [0, 0.1) is 22.0 Å². The van der Waals surface area contributed by atoms with Crippen LogP contribution in [0.1, 0.15) is 44.5 Å². The van der Waals surface area contributed by atoms with E-state index in [1.807, 2.05) is 42.0 Å². The molecule has 0 spiro atoms. The molecule has 0 bridgehead atoms. The summed E-state index contributed by atoms with van der Waals surface area (Å²) in [5, 5.41) is 22.7. The zero-order valence-electron chi connectivity index (χ0n) is 31.8. The van der Waals surface area contributed by atoms with Gasteiger partial charge in [0.1, 0.15) is 11.4 Å². The Morgan fingerprint density at radius 3 is 2.33 bits per heavy atom. The smallest absolute Gasteiger partial charge is 0.416 e. The number of piperazine rings is 1. The van der Waals surface area contributed by atoms with Crippen LogP contribution in [0.25, 0.3) is 0 Å². The first-order chi connectivity index (χ1) is 28.7. The van der Waals surface area contributed by atoms with Gasteiger partial charge in [-0.25, -0.2) is 13.1 Å². The van der Waals surface area contributed by atoms with E-state index in [2.05, 4.69) is 27.4 Å². The van der Waals surface area contributed by atoms with E-state index in [0.29, 0.717) is 36.0 Å². The van der Waals surface area contributed by atoms with Gasteiger partial charge < -0.3 is 19.9 Å². The van der Waals surface area contributed by atoms with Crippen LogP contribution in [-0.4, -0.2) is 85.3 Å². The van der Waals surface area contributed by atoms with Gasteiger partial charge in [0, 0.05) is 66.1 Å². The number of nitro groups is 1. The molecule has 6 rings (SSSR count).